The molecule has 1 heterocycles. The standard InChI is InChI=1S/C20H15N3/c1-22-20(21)14-11-12-19-17(13-14)16-9-5-6-10-18(16)23(19)15-7-3-2-4-8-15/h2-13,21H,1H2. The van der Waals surface area contributed by atoms with Gasteiger partial charge in [0, 0.05) is 22.0 Å². The third-order valence-electron chi connectivity index (χ3n) is 4.12. The van der Waals surface area contributed by atoms with Gasteiger partial charge in [-0.3, -0.25) is 5.41 Å². The molecule has 3 aromatic carbocycles. The minimum atomic E-state index is 0.198. The molecule has 1 aromatic heterocycles. The normalized spacial score (nSPS) is 11.0. The Labute approximate surface area is 134 Å². The highest BCUT2D eigenvalue weighted by molar-refractivity contribution is 6.12. The van der Waals surface area contributed by atoms with Gasteiger partial charge in [0.15, 0.2) is 5.84 Å². The van der Waals surface area contributed by atoms with Gasteiger partial charge in [-0.2, -0.15) is 0 Å². The van der Waals surface area contributed by atoms with Crippen molar-refractivity contribution in [1.82, 2.24) is 4.57 Å². The van der Waals surface area contributed by atoms with Crippen LogP contribution in [0.15, 0.2) is 77.8 Å². The molecule has 3 heteroatoms. The second kappa shape index (κ2) is 5.21. The second-order valence-electron chi connectivity index (χ2n) is 5.43. The lowest BCUT2D eigenvalue weighted by Gasteiger charge is -2.07. The van der Waals surface area contributed by atoms with Crippen molar-refractivity contribution in [3.05, 3.63) is 78.4 Å². The molecule has 0 saturated carbocycles. The molecule has 0 fully saturated rings. The molecule has 23 heavy (non-hydrogen) atoms. The van der Waals surface area contributed by atoms with E-state index in [4.69, 9.17) is 5.41 Å². The van der Waals surface area contributed by atoms with E-state index in [0.29, 0.717) is 0 Å². The van der Waals surface area contributed by atoms with Crippen LogP contribution >= 0.6 is 0 Å². The van der Waals surface area contributed by atoms with Crippen molar-refractivity contribution in [1.29, 1.82) is 5.41 Å². The summed E-state index contributed by atoms with van der Waals surface area (Å²) >= 11 is 0. The molecule has 0 aliphatic rings. The number of fused-ring (bicyclic) bond motifs is 3. The number of hydrogen-bond acceptors (Lipinski definition) is 1. The van der Waals surface area contributed by atoms with Gasteiger partial charge in [-0.15, -0.1) is 0 Å². The zero-order valence-corrected chi connectivity index (χ0v) is 12.5. The summed E-state index contributed by atoms with van der Waals surface area (Å²) in [5, 5.41) is 10.2. The third kappa shape index (κ3) is 2.06. The van der Waals surface area contributed by atoms with Crippen LogP contribution in [-0.4, -0.2) is 17.1 Å². The summed E-state index contributed by atoms with van der Waals surface area (Å²) in [5.74, 6) is 0.198. The first-order valence-corrected chi connectivity index (χ1v) is 7.44. The number of aromatic nitrogens is 1. The number of nitrogens with one attached hydrogen (secondary N) is 1. The number of amidine groups is 1. The smallest absolute Gasteiger partial charge is 0.151 e. The van der Waals surface area contributed by atoms with Gasteiger partial charge in [0.25, 0.3) is 0 Å². The van der Waals surface area contributed by atoms with Crippen molar-refractivity contribution in [3.63, 3.8) is 0 Å². The minimum Gasteiger partial charge on any atom is -0.309 e. The van der Waals surface area contributed by atoms with Gasteiger partial charge in [0.1, 0.15) is 0 Å². The first-order valence-electron chi connectivity index (χ1n) is 7.44. The molecule has 3 nitrogen and oxygen atoms in total. The van der Waals surface area contributed by atoms with Gasteiger partial charge in [-0.05, 0) is 43.1 Å². The van der Waals surface area contributed by atoms with E-state index in [2.05, 4.69) is 52.7 Å². The van der Waals surface area contributed by atoms with Crippen LogP contribution in [0.25, 0.3) is 27.5 Å². The Morgan fingerprint density at radius 1 is 0.826 bits per heavy atom. The number of para-hydroxylation sites is 2. The Balaban J connectivity index is 2.13. The van der Waals surface area contributed by atoms with Crippen LogP contribution in [0.2, 0.25) is 0 Å². The number of hydrogen-bond donors (Lipinski definition) is 1. The summed E-state index contributed by atoms with van der Waals surface area (Å²) < 4.78 is 2.25. The van der Waals surface area contributed by atoms with Crippen molar-refractivity contribution in [3.8, 4) is 5.69 Å². The fraction of sp³-hybridized carbons (Fsp3) is 0. The third-order valence-corrected chi connectivity index (χ3v) is 4.12. The van der Waals surface area contributed by atoms with Crippen LogP contribution in [0.4, 0.5) is 0 Å². The van der Waals surface area contributed by atoms with E-state index >= 15 is 0 Å². The molecule has 1 N–H and O–H groups in total. The van der Waals surface area contributed by atoms with Crippen molar-refractivity contribution >= 4 is 34.4 Å². The van der Waals surface area contributed by atoms with Crippen molar-refractivity contribution < 1.29 is 0 Å². The molecule has 0 atom stereocenters. The minimum absolute atomic E-state index is 0.198. The number of nitrogens with zero attached hydrogens (tertiary/aromatic N) is 2. The maximum atomic E-state index is 7.90. The molecule has 4 aromatic rings. The lowest BCUT2D eigenvalue weighted by Crippen LogP contribution is -1.95. The quantitative estimate of drug-likeness (QED) is 0.407. The monoisotopic (exact) mass is 297 g/mol. The Kier molecular flexibility index (Phi) is 3.05. The van der Waals surface area contributed by atoms with Crippen molar-refractivity contribution in [2.75, 3.05) is 0 Å². The van der Waals surface area contributed by atoms with E-state index in [-0.39, 0.29) is 5.84 Å². The van der Waals surface area contributed by atoms with Crippen LogP contribution in [0.1, 0.15) is 5.56 Å². The maximum absolute atomic E-state index is 7.90. The molecule has 0 saturated heterocycles. The largest absolute Gasteiger partial charge is 0.309 e. The zero-order valence-electron chi connectivity index (χ0n) is 12.5. The fourth-order valence-corrected chi connectivity index (χ4v) is 3.07. The van der Waals surface area contributed by atoms with E-state index < -0.39 is 0 Å². The molecule has 0 aliphatic heterocycles. The number of rotatable bonds is 2. The summed E-state index contributed by atoms with van der Waals surface area (Å²) in [5.41, 5.74) is 4.19. The molecule has 0 aliphatic carbocycles. The summed E-state index contributed by atoms with van der Waals surface area (Å²) in [7, 11) is 0. The summed E-state index contributed by atoms with van der Waals surface area (Å²) in [6.45, 7) is 3.45. The molecule has 110 valence electrons. The SMILES string of the molecule is C=NC(=N)c1ccc2c(c1)c1ccccc1n2-c1ccccc1. The molecule has 0 bridgehead atoms. The average Bonchev–Trinajstić information content (AvgIpc) is 2.95. The molecule has 0 unspecified atom stereocenters. The van der Waals surface area contributed by atoms with Crippen molar-refractivity contribution in [2.24, 2.45) is 4.99 Å². The first-order chi connectivity index (χ1) is 11.3. The maximum Gasteiger partial charge on any atom is 0.151 e. The molecule has 0 amide bonds. The van der Waals surface area contributed by atoms with Crippen LogP contribution in [0.3, 0.4) is 0 Å². The predicted octanol–water partition coefficient (Wildman–Crippen LogP) is 4.81. The highest BCUT2D eigenvalue weighted by atomic mass is 15.0. The highest BCUT2D eigenvalue weighted by Gasteiger charge is 2.12. The van der Waals surface area contributed by atoms with E-state index in [0.717, 1.165) is 27.7 Å². The molecular weight excluding hydrogens is 282 g/mol. The average molecular weight is 297 g/mol. The summed E-state index contributed by atoms with van der Waals surface area (Å²) in [6, 6.07) is 24.7. The Hall–Kier alpha value is -3.20. The van der Waals surface area contributed by atoms with Crippen LogP contribution in [0, 0.1) is 5.41 Å². The lowest BCUT2D eigenvalue weighted by molar-refractivity contribution is 1.18. The van der Waals surface area contributed by atoms with Gasteiger partial charge < -0.3 is 4.57 Å². The summed E-state index contributed by atoms with van der Waals surface area (Å²) in [4.78, 5) is 3.74. The van der Waals surface area contributed by atoms with E-state index in [1.807, 2.05) is 36.4 Å². The molecule has 4 rings (SSSR count). The van der Waals surface area contributed by atoms with Crippen LogP contribution in [0.5, 0.6) is 0 Å². The van der Waals surface area contributed by atoms with Gasteiger partial charge in [0.05, 0.1) is 11.0 Å². The van der Waals surface area contributed by atoms with Gasteiger partial charge in [0.2, 0.25) is 0 Å². The van der Waals surface area contributed by atoms with Crippen molar-refractivity contribution in [2.45, 2.75) is 0 Å². The predicted molar refractivity (Wildman–Crippen MR) is 97.2 cm³/mol. The van der Waals surface area contributed by atoms with Crippen LogP contribution in [-0.2, 0) is 0 Å². The van der Waals surface area contributed by atoms with Crippen LogP contribution < -0.4 is 0 Å². The molecular formula is C20H15N3. The van der Waals surface area contributed by atoms with Gasteiger partial charge >= 0.3 is 0 Å². The lowest BCUT2D eigenvalue weighted by atomic mass is 10.1. The van der Waals surface area contributed by atoms with Gasteiger partial charge in [-0.1, -0.05) is 36.4 Å². The second-order valence-corrected chi connectivity index (χ2v) is 5.43. The van der Waals surface area contributed by atoms with Gasteiger partial charge in [-0.25, -0.2) is 4.99 Å². The van der Waals surface area contributed by atoms with E-state index in [9.17, 15) is 0 Å². The molecule has 0 spiro atoms. The Morgan fingerprint density at radius 3 is 2.30 bits per heavy atom. The number of aliphatic imine (C=N–C) groups is 1. The Bertz CT molecular complexity index is 1040. The highest BCUT2D eigenvalue weighted by Crippen LogP contribution is 2.32. The Morgan fingerprint density at radius 2 is 1.52 bits per heavy atom. The van der Waals surface area contributed by atoms with E-state index in [1.165, 1.54) is 5.39 Å². The van der Waals surface area contributed by atoms with E-state index in [1.54, 1.807) is 0 Å². The topological polar surface area (TPSA) is 41.1 Å². The number of benzene rings is 3. The fourth-order valence-electron chi connectivity index (χ4n) is 3.07. The summed E-state index contributed by atoms with van der Waals surface area (Å²) in [6.07, 6.45) is 0. The first kappa shape index (κ1) is 13.5. The zero-order chi connectivity index (χ0) is 15.8. The molecule has 0 radical (unpaired) electrons.